The van der Waals surface area contributed by atoms with Crippen LogP contribution in [0.25, 0.3) is 0 Å². The summed E-state index contributed by atoms with van der Waals surface area (Å²) in [6.45, 7) is 3.07. The molecule has 1 aromatic carbocycles. The zero-order chi connectivity index (χ0) is 8.10. The van der Waals surface area contributed by atoms with E-state index in [0.29, 0.717) is 0 Å². The summed E-state index contributed by atoms with van der Waals surface area (Å²) in [6.07, 6.45) is 1.10. The summed E-state index contributed by atoms with van der Waals surface area (Å²) in [6, 6.07) is 8.46. The lowest BCUT2D eigenvalue weighted by Crippen LogP contribution is -2.00. The SMILES string of the molecule is CCc1ccccc1CNBr. The summed E-state index contributed by atoms with van der Waals surface area (Å²) < 4.78 is 2.97. The minimum atomic E-state index is 0.893. The molecule has 2 heteroatoms. The van der Waals surface area contributed by atoms with Crippen molar-refractivity contribution in [2.75, 3.05) is 0 Å². The molecule has 1 nitrogen and oxygen atoms in total. The van der Waals surface area contributed by atoms with Crippen LogP contribution in [-0.4, -0.2) is 0 Å². The largest absolute Gasteiger partial charge is 0.251 e. The smallest absolute Gasteiger partial charge is 0.0315 e. The average molecular weight is 214 g/mol. The molecule has 0 aliphatic rings. The molecule has 0 unspecified atom stereocenters. The van der Waals surface area contributed by atoms with Crippen molar-refractivity contribution < 1.29 is 0 Å². The first-order valence-corrected chi connectivity index (χ1v) is 4.58. The molecule has 0 aromatic heterocycles. The Morgan fingerprint density at radius 3 is 2.45 bits per heavy atom. The first-order valence-electron chi connectivity index (χ1n) is 3.78. The third kappa shape index (κ3) is 2.31. The Labute approximate surface area is 76.2 Å². The Balaban J connectivity index is 2.83. The van der Waals surface area contributed by atoms with Gasteiger partial charge in [-0.2, -0.15) is 0 Å². The quantitative estimate of drug-likeness (QED) is 0.762. The maximum atomic E-state index is 3.20. The first kappa shape index (κ1) is 8.75. The monoisotopic (exact) mass is 213 g/mol. The van der Waals surface area contributed by atoms with Gasteiger partial charge in [0.25, 0.3) is 0 Å². The van der Waals surface area contributed by atoms with Gasteiger partial charge in [0, 0.05) is 22.7 Å². The maximum Gasteiger partial charge on any atom is 0.0315 e. The van der Waals surface area contributed by atoms with E-state index in [9.17, 15) is 0 Å². The lowest BCUT2D eigenvalue weighted by atomic mass is 10.1. The van der Waals surface area contributed by atoms with E-state index in [1.54, 1.807) is 0 Å². The molecule has 0 spiro atoms. The topological polar surface area (TPSA) is 12.0 Å². The van der Waals surface area contributed by atoms with Crippen molar-refractivity contribution in [3.8, 4) is 0 Å². The van der Waals surface area contributed by atoms with Crippen LogP contribution in [0, 0.1) is 0 Å². The van der Waals surface area contributed by atoms with E-state index in [1.165, 1.54) is 11.1 Å². The van der Waals surface area contributed by atoms with Crippen LogP contribution in [0.3, 0.4) is 0 Å². The third-order valence-electron chi connectivity index (χ3n) is 1.76. The van der Waals surface area contributed by atoms with Crippen LogP contribution in [0.2, 0.25) is 0 Å². The van der Waals surface area contributed by atoms with Crippen molar-refractivity contribution in [1.82, 2.24) is 4.34 Å². The number of benzene rings is 1. The molecule has 0 heterocycles. The first-order chi connectivity index (χ1) is 5.38. The fraction of sp³-hybridized carbons (Fsp3) is 0.333. The van der Waals surface area contributed by atoms with Crippen molar-refractivity contribution in [3.63, 3.8) is 0 Å². The lowest BCUT2D eigenvalue weighted by molar-refractivity contribution is 0.954. The molecule has 1 N–H and O–H groups in total. The summed E-state index contributed by atoms with van der Waals surface area (Å²) >= 11 is 3.20. The Kier molecular flexibility index (Phi) is 3.60. The summed E-state index contributed by atoms with van der Waals surface area (Å²) in [5.41, 5.74) is 2.78. The molecule has 0 saturated heterocycles. The summed E-state index contributed by atoms with van der Waals surface area (Å²) in [5, 5.41) is 0. The van der Waals surface area contributed by atoms with Crippen molar-refractivity contribution in [2.24, 2.45) is 0 Å². The van der Waals surface area contributed by atoms with E-state index >= 15 is 0 Å². The molecule has 1 rings (SSSR count). The highest BCUT2D eigenvalue weighted by atomic mass is 79.9. The molecule has 0 atom stereocenters. The number of aryl methyl sites for hydroxylation is 1. The van der Waals surface area contributed by atoms with Crippen LogP contribution in [0.15, 0.2) is 24.3 Å². The van der Waals surface area contributed by atoms with Gasteiger partial charge in [-0.05, 0) is 17.5 Å². The lowest BCUT2D eigenvalue weighted by Gasteiger charge is -2.04. The fourth-order valence-corrected chi connectivity index (χ4v) is 1.45. The Morgan fingerprint density at radius 1 is 1.27 bits per heavy atom. The summed E-state index contributed by atoms with van der Waals surface area (Å²) in [7, 11) is 0. The Bertz CT molecular complexity index is 223. The molecule has 0 aliphatic carbocycles. The number of rotatable bonds is 3. The summed E-state index contributed by atoms with van der Waals surface area (Å²) in [5.74, 6) is 0. The van der Waals surface area contributed by atoms with E-state index in [2.05, 4.69) is 51.7 Å². The van der Waals surface area contributed by atoms with Crippen molar-refractivity contribution in [3.05, 3.63) is 35.4 Å². The van der Waals surface area contributed by atoms with Gasteiger partial charge in [-0.15, -0.1) is 0 Å². The molecule has 0 aliphatic heterocycles. The molecule has 0 bridgehead atoms. The predicted octanol–water partition coefficient (Wildman–Crippen LogP) is 2.65. The fourth-order valence-electron chi connectivity index (χ4n) is 1.15. The van der Waals surface area contributed by atoms with Crippen LogP contribution >= 0.6 is 16.1 Å². The van der Waals surface area contributed by atoms with Gasteiger partial charge in [-0.25, -0.2) is 0 Å². The zero-order valence-corrected chi connectivity index (χ0v) is 8.19. The molecule has 0 fully saturated rings. The highest BCUT2D eigenvalue weighted by Crippen LogP contribution is 2.08. The molecular weight excluding hydrogens is 202 g/mol. The van der Waals surface area contributed by atoms with Crippen LogP contribution in [0.4, 0.5) is 0 Å². The van der Waals surface area contributed by atoms with Crippen LogP contribution in [0.1, 0.15) is 18.1 Å². The van der Waals surface area contributed by atoms with Crippen molar-refractivity contribution in [2.45, 2.75) is 19.9 Å². The Hall–Kier alpha value is -0.340. The maximum absolute atomic E-state index is 3.20. The van der Waals surface area contributed by atoms with Gasteiger partial charge in [0.05, 0.1) is 0 Å². The van der Waals surface area contributed by atoms with Crippen LogP contribution in [-0.2, 0) is 13.0 Å². The second-order valence-corrected chi connectivity index (χ2v) is 2.99. The van der Waals surface area contributed by atoms with Gasteiger partial charge in [0.15, 0.2) is 0 Å². The minimum absolute atomic E-state index is 0.893. The molecular formula is C9H12BrN. The minimum Gasteiger partial charge on any atom is -0.251 e. The molecule has 1 aromatic rings. The highest BCUT2D eigenvalue weighted by Gasteiger charge is 1.96. The van der Waals surface area contributed by atoms with Gasteiger partial charge >= 0.3 is 0 Å². The van der Waals surface area contributed by atoms with Gasteiger partial charge in [-0.1, -0.05) is 31.2 Å². The number of hydrogen-bond acceptors (Lipinski definition) is 1. The van der Waals surface area contributed by atoms with Gasteiger partial charge in [0.1, 0.15) is 0 Å². The second-order valence-electron chi connectivity index (χ2n) is 2.43. The van der Waals surface area contributed by atoms with E-state index in [-0.39, 0.29) is 0 Å². The third-order valence-corrected chi connectivity index (χ3v) is 2.04. The van der Waals surface area contributed by atoms with Crippen LogP contribution < -0.4 is 4.34 Å². The molecule has 0 amide bonds. The van der Waals surface area contributed by atoms with Gasteiger partial charge < -0.3 is 0 Å². The molecule has 0 radical (unpaired) electrons. The zero-order valence-electron chi connectivity index (χ0n) is 6.60. The van der Waals surface area contributed by atoms with Crippen LogP contribution in [0.5, 0.6) is 0 Å². The van der Waals surface area contributed by atoms with Crippen molar-refractivity contribution >= 4 is 16.1 Å². The highest BCUT2D eigenvalue weighted by molar-refractivity contribution is 9.08. The van der Waals surface area contributed by atoms with E-state index in [1.807, 2.05) is 0 Å². The Morgan fingerprint density at radius 2 is 1.91 bits per heavy atom. The van der Waals surface area contributed by atoms with Gasteiger partial charge in [-0.3, -0.25) is 4.34 Å². The van der Waals surface area contributed by atoms with E-state index in [0.717, 1.165) is 13.0 Å². The summed E-state index contributed by atoms with van der Waals surface area (Å²) in [4.78, 5) is 0. The van der Waals surface area contributed by atoms with E-state index < -0.39 is 0 Å². The second kappa shape index (κ2) is 4.52. The number of nitrogens with one attached hydrogen (secondary N) is 1. The molecule has 0 saturated carbocycles. The van der Waals surface area contributed by atoms with Gasteiger partial charge in [0.2, 0.25) is 0 Å². The van der Waals surface area contributed by atoms with Crippen molar-refractivity contribution in [1.29, 1.82) is 0 Å². The molecule has 11 heavy (non-hydrogen) atoms. The number of halogens is 1. The average Bonchev–Trinajstić information content (AvgIpc) is 2.06. The normalized spacial score (nSPS) is 10.0. The number of hydrogen-bond donors (Lipinski definition) is 1. The predicted molar refractivity (Wildman–Crippen MR) is 51.6 cm³/mol. The molecule has 60 valence electrons. The standard InChI is InChI=1S/C9H12BrN/c1-2-8-5-3-4-6-9(8)7-11-10/h3-6,11H,2,7H2,1H3. The van der Waals surface area contributed by atoms with E-state index in [4.69, 9.17) is 0 Å².